The standard InChI is InChI=1S/C5H14O4Si.C2H4/c1-5-9-10(6-2,7-3)8-4;1-2/h5H2,1-4H3;1-2H2. The second-order valence-corrected chi connectivity index (χ2v) is 4.06. The predicted octanol–water partition coefficient (Wildman–Crippen LogP) is 1.20. The van der Waals surface area contributed by atoms with Gasteiger partial charge in [0.15, 0.2) is 0 Å². The molecule has 0 radical (unpaired) electrons. The van der Waals surface area contributed by atoms with Crippen LogP contribution in [0.4, 0.5) is 0 Å². The fourth-order valence-corrected chi connectivity index (χ4v) is 1.81. The van der Waals surface area contributed by atoms with Crippen LogP contribution in [0.15, 0.2) is 13.2 Å². The van der Waals surface area contributed by atoms with Crippen molar-refractivity contribution in [2.75, 3.05) is 27.9 Å². The Morgan fingerprint density at radius 3 is 1.42 bits per heavy atom. The quantitative estimate of drug-likeness (QED) is 0.487. The zero-order valence-corrected chi connectivity index (χ0v) is 9.25. The van der Waals surface area contributed by atoms with E-state index >= 15 is 0 Å². The van der Waals surface area contributed by atoms with Gasteiger partial charge in [0, 0.05) is 27.9 Å². The topological polar surface area (TPSA) is 36.9 Å². The third kappa shape index (κ3) is 4.63. The molecule has 0 spiro atoms. The SMILES string of the molecule is C=C.CCO[Si](OC)(OC)OC. The third-order valence-corrected chi connectivity index (χ3v) is 3.21. The van der Waals surface area contributed by atoms with Gasteiger partial charge in [0.1, 0.15) is 0 Å². The maximum absolute atomic E-state index is 5.15. The Labute approximate surface area is 75.6 Å². The van der Waals surface area contributed by atoms with Crippen molar-refractivity contribution in [2.24, 2.45) is 0 Å². The molecular formula is C7H18O4Si. The summed E-state index contributed by atoms with van der Waals surface area (Å²) in [5, 5.41) is 0. The molecule has 0 N–H and O–H groups in total. The fourth-order valence-electron chi connectivity index (χ4n) is 0.604. The highest BCUT2D eigenvalue weighted by atomic mass is 28.4. The van der Waals surface area contributed by atoms with Gasteiger partial charge in [0.05, 0.1) is 0 Å². The number of hydrogen-bond donors (Lipinski definition) is 0. The van der Waals surface area contributed by atoms with Crippen LogP contribution in [-0.4, -0.2) is 37.0 Å². The molecule has 0 aromatic carbocycles. The Morgan fingerprint density at radius 2 is 1.33 bits per heavy atom. The van der Waals surface area contributed by atoms with Crippen LogP contribution in [0.25, 0.3) is 0 Å². The van der Waals surface area contributed by atoms with Crippen molar-refractivity contribution in [1.82, 2.24) is 0 Å². The van der Waals surface area contributed by atoms with Gasteiger partial charge >= 0.3 is 9.05 Å². The van der Waals surface area contributed by atoms with Crippen molar-refractivity contribution in [3.8, 4) is 0 Å². The minimum absolute atomic E-state index is 0.530. The average Bonchev–Trinajstić information content (AvgIpc) is 2.18. The van der Waals surface area contributed by atoms with Crippen LogP contribution in [0.3, 0.4) is 0 Å². The molecule has 0 aliphatic carbocycles. The van der Waals surface area contributed by atoms with Crippen molar-refractivity contribution in [2.45, 2.75) is 6.92 Å². The lowest BCUT2D eigenvalue weighted by atomic mass is 10.9. The maximum atomic E-state index is 5.15. The van der Waals surface area contributed by atoms with Gasteiger partial charge in [0.2, 0.25) is 0 Å². The van der Waals surface area contributed by atoms with Crippen LogP contribution in [0.5, 0.6) is 0 Å². The van der Waals surface area contributed by atoms with Crippen LogP contribution >= 0.6 is 0 Å². The second-order valence-electron chi connectivity index (χ2n) is 1.55. The van der Waals surface area contributed by atoms with Crippen LogP contribution in [-0.2, 0) is 17.7 Å². The molecule has 0 atom stereocenters. The first kappa shape index (κ1) is 14.3. The molecule has 0 amide bonds. The fraction of sp³-hybridized carbons (Fsp3) is 0.714. The summed E-state index contributed by atoms with van der Waals surface area (Å²) < 4.78 is 20.0. The van der Waals surface area contributed by atoms with Crippen LogP contribution in [0, 0.1) is 0 Å². The molecule has 0 fully saturated rings. The lowest BCUT2D eigenvalue weighted by Crippen LogP contribution is -2.46. The average molecular weight is 194 g/mol. The smallest absolute Gasteiger partial charge is 0.355 e. The van der Waals surface area contributed by atoms with Gasteiger partial charge in [-0.05, 0) is 6.92 Å². The minimum atomic E-state index is -2.72. The van der Waals surface area contributed by atoms with Crippen LogP contribution in [0.2, 0.25) is 0 Å². The molecule has 5 heteroatoms. The van der Waals surface area contributed by atoms with E-state index in [0.29, 0.717) is 6.61 Å². The molecule has 0 aromatic heterocycles. The van der Waals surface area contributed by atoms with E-state index in [2.05, 4.69) is 13.2 Å². The molecule has 0 unspecified atom stereocenters. The van der Waals surface area contributed by atoms with E-state index in [0.717, 1.165) is 0 Å². The van der Waals surface area contributed by atoms with E-state index < -0.39 is 9.05 Å². The summed E-state index contributed by atoms with van der Waals surface area (Å²) in [5.74, 6) is 0. The van der Waals surface area contributed by atoms with Crippen LogP contribution < -0.4 is 0 Å². The zero-order valence-electron chi connectivity index (χ0n) is 8.25. The van der Waals surface area contributed by atoms with Crippen molar-refractivity contribution < 1.29 is 17.7 Å². The number of hydrogen-bond acceptors (Lipinski definition) is 4. The second kappa shape index (κ2) is 8.89. The Balaban J connectivity index is 0. The van der Waals surface area contributed by atoms with Gasteiger partial charge in [-0.1, -0.05) is 0 Å². The Bertz CT molecular complexity index is 87.1. The summed E-state index contributed by atoms with van der Waals surface area (Å²) in [6.07, 6.45) is 0. The first-order valence-electron chi connectivity index (χ1n) is 3.54. The molecule has 0 rings (SSSR count). The van der Waals surface area contributed by atoms with Gasteiger partial charge in [-0.3, -0.25) is 0 Å². The van der Waals surface area contributed by atoms with E-state index in [-0.39, 0.29) is 0 Å². The van der Waals surface area contributed by atoms with Crippen molar-refractivity contribution in [1.29, 1.82) is 0 Å². The monoisotopic (exact) mass is 194 g/mol. The largest absolute Gasteiger partial charge is 0.678 e. The van der Waals surface area contributed by atoms with Crippen molar-refractivity contribution in [3.63, 3.8) is 0 Å². The highest BCUT2D eigenvalue weighted by Crippen LogP contribution is 2.06. The lowest BCUT2D eigenvalue weighted by molar-refractivity contribution is 0.00940. The van der Waals surface area contributed by atoms with E-state index in [4.69, 9.17) is 17.7 Å². The summed E-state index contributed by atoms with van der Waals surface area (Å²) in [6, 6.07) is 0. The molecule has 0 saturated carbocycles. The summed E-state index contributed by atoms with van der Waals surface area (Å²) >= 11 is 0. The maximum Gasteiger partial charge on any atom is 0.678 e. The van der Waals surface area contributed by atoms with Gasteiger partial charge in [0.25, 0.3) is 0 Å². The minimum Gasteiger partial charge on any atom is -0.355 e. The van der Waals surface area contributed by atoms with Crippen LogP contribution in [0.1, 0.15) is 6.92 Å². The molecular weight excluding hydrogens is 176 g/mol. The van der Waals surface area contributed by atoms with Crippen molar-refractivity contribution >= 4 is 9.05 Å². The molecule has 0 heterocycles. The molecule has 0 aliphatic rings. The van der Waals surface area contributed by atoms with Gasteiger partial charge in [-0.15, -0.1) is 13.2 Å². The lowest BCUT2D eigenvalue weighted by Gasteiger charge is -2.21. The highest BCUT2D eigenvalue weighted by Gasteiger charge is 2.41. The van der Waals surface area contributed by atoms with E-state index in [1.54, 1.807) is 0 Å². The predicted molar refractivity (Wildman–Crippen MR) is 49.7 cm³/mol. The summed E-state index contributed by atoms with van der Waals surface area (Å²) in [7, 11) is 1.81. The van der Waals surface area contributed by atoms with E-state index in [1.807, 2.05) is 6.92 Å². The molecule has 0 saturated heterocycles. The Kier molecular flexibility index (Phi) is 10.6. The molecule has 4 nitrogen and oxygen atoms in total. The Hall–Kier alpha value is -0.203. The summed E-state index contributed by atoms with van der Waals surface area (Å²) in [6.45, 7) is 8.39. The first-order chi connectivity index (χ1) is 5.74. The molecule has 74 valence electrons. The van der Waals surface area contributed by atoms with E-state index in [1.165, 1.54) is 21.3 Å². The van der Waals surface area contributed by atoms with Crippen molar-refractivity contribution in [3.05, 3.63) is 13.2 Å². The highest BCUT2D eigenvalue weighted by molar-refractivity contribution is 6.53. The molecule has 0 aliphatic heterocycles. The van der Waals surface area contributed by atoms with E-state index in [9.17, 15) is 0 Å². The summed E-state index contributed by atoms with van der Waals surface area (Å²) in [5.41, 5.74) is 0. The molecule has 0 bridgehead atoms. The molecule has 12 heavy (non-hydrogen) atoms. The molecule has 0 aromatic rings. The Morgan fingerprint density at radius 1 is 1.00 bits per heavy atom. The van der Waals surface area contributed by atoms with Gasteiger partial charge in [-0.25, -0.2) is 0 Å². The zero-order chi connectivity index (χ0) is 10.0. The third-order valence-electron chi connectivity index (χ3n) is 1.07. The summed E-state index contributed by atoms with van der Waals surface area (Å²) in [4.78, 5) is 0. The van der Waals surface area contributed by atoms with Gasteiger partial charge < -0.3 is 17.7 Å². The normalized spacial score (nSPS) is 10.3. The number of rotatable bonds is 5. The first-order valence-corrected chi connectivity index (χ1v) is 5.17. The van der Waals surface area contributed by atoms with Gasteiger partial charge in [-0.2, -0.15) is 0 Å².